The number of fused-ring (bicyclic) bond motifs is 1. The number of urea groups is 1. The number of hydrogen-bond donors (Lipinski definition) is 1. The maximum atomic E-state index is 12.5. The Kier molecular flexibility index (Phi) is 4.99. The summed E-state index contributed by atoms with van der Waals surface area (Å²) >= 11 is 7.14. The van der Waals surface area contributed by atoms with Crippen molar-refractivity contribution in [1.29, 1.82) is 0 Å². The van der Waals surface area contributed by atoms with Crippen molar-refractivity contribution < 1.29 is 44.3 Å². The molecule has 8 heteroatoms. The van der Waals surface area contributed by atoms with Crippen molar-refractivity contribution in [2.75, 3.05) is 4.90 Å². The SMILES string of the molecule is NC(=O)N1C(=O)/C(=C(/[O-])c2cccs2)c2cc(Cl)ccc21.[Na+]. The molecule has 0 atom stereocenters. The number of rotatable bonds is 1. The van der Waals surface area contributed by atoms with Crippen molar-refractivity contribution in [2.45, 2.75) is 0 Å². The standard InChI is InChI=1S/C14H9ClN2O3S.Na/c15-7-3-4-9-8(6-7)11(13(19)17(9)14(16)20)12(18)10-2-1-5-21-10;/h1-6,18H,(H2,16,20);/q;+1/p-1/b12-11+;. The molecule has 0 bridgehead atoms. The number of nitrogens with zero attached hydrogens (tertiary/aromatic N) is 1. The first-order valence-corrected chi connectivity index (χ1v) is 7.15. The van der Waals surface area contributed by atoms with Gasteiger partial charge in [0.25, 0.3) is 5.91 Å². The fourth-order valence-corrected chi connectivity index (χ4v) is 3.05. The summed E-state index contributed by atoms with van der Waals surface area (Å²) in [6, 6.07) is 6.90. The first-order chi connectivity index (χ1) is 10.0. The van der Waals surface area contributed by atoms with Crippen LogP contribution in [0, 0.1) is 0 Å². The number of hydrogen-bond acceptors (Lipinski definition) is 4. The van der Waals surface area contributed by atoms with Crippen molar-refractivity contribution >= 4 is 51.9 Å². The van der Waals surface area contributed by atoms with Crippen LogP contribution in [0.1, 0.15) is 10.4 Å². The molecule has 3 amide bonds. The molecule has 5 nitrogen and oxygen atoms in total. The van der Waals surface area contributed by atoms with Crippen molar-refractivity contribution in [3.05, 3.63) is 51.2 Å². The van der Waals surface area contributed by atoms with E-state index in [0.29, 0.717) is 15.5 Å². The summed E-state index contributed by atoms with van der Waals surface area (Å²) in [5.74, 6) is -1.17. The second-order valence-corrected chi connectivity index (χ2v) is 5.71. The topological polar surface area (TPSA) is 86.5 Å². The van der Waals surface area contributed by atoms with Crippen LogP contribution >= 0.6 is 22.9 Å². The quantitative estimate of drug-likeness (QED) is 0.412. The fraction of sp³-hybridized carbons (Fsp3) is 0. The Morgan fingerprint density at radius 1 is 1.32 bits per heavy atom. The zero-order chi connectivity index (χ0) is 15.1. The fourth-order valence-electron chi connectivity index (χ4n) is 2.21. The summed E-state index contributed by atoms with van der Waals surface area (Å²) in [6.45, 7) is 0. The number of carbonyl (C=O) groups excluding carboxylic acids is 2. The van der Waals surface area contributed by atoms with Crippen LogP contribution in [0.3, 0.4) is 0 Å². The van der Waals surface area contributed by atoms with E-state index in [9.17, 15) is 14.7 Å². The molecular weight excluding hydrogens is 335 g/mol. The van der Waals surface area contributed by atoms with Crippen LogP contribution in [0.25, 0.3) is 11.3 Å². The third-order valence-electron chi connectivity index (χ3n) is 3.08. The molecule has 1 aromatic carbocycles. The zero-order valence-corrected chi connectivity index (χ0v) is 15.1. The first-order valence-electron chi connectivity index (χ1n) is 5.89. The van der Waals surface area contributed by atoms with Crippen LogP contribution < -0.4 is 45.3 Å². The minimum atomic E-state index is -0.933. The second-order valence-electron chi connectivity index (χ2n) is 4.32. The predicted octanol–water partition coefficient (Wildman–Crippen LogP) is -0.941. The van der Waals surface area contributed by atoms with Gasteiger partial charge in [-0.25, -0.2) is 9.69 Å². The Morgan fingerprint density at radius 2 is 2.05 bits per heavy atom. The zero-order valence-electron chi connectivity index (χ0n) is 11.5. The normalized spacial score (nSPS) is 15.3. The molecule has 106 valence electrons. The van der Waals surface area contributed by atoms with Gasteiger partial charge in [-0.15, -0.1) is 11.3 Å². The van der Waals surface area contributed by atoms with Gasteiger partial charge in [-0.1, -0.05) is 23.4 Å². The molecule has 3 rings (SSSR count). The molecule has 1 aromatic heterocycles. The number of primary amides is 1. The van der Waals surface area contributed by atoms with E-state index in [-0.39, 0.29) is 40.8 Å². The molecular formula is C14H8ClN2NaO3S. The van der Waals surface area contributed by atoms with E-state index in [4.69, 9.17) is 17.3 Å². The monoisotopic (exact) mass is 342 g/mol. The summed E-state index contributed by atoms with van der Waals surface area (Å²) in [7, 11) is 0. The Morgan fingerprint density at radius 3 is 2.64 bits per heavy atom. The number of amides is 3. The largest absolute Gasteiger partial charge is 1.00 e. The van der Waals surface area contributed by atoms with Gasteiger partial charge >= 0.3 is 35.6 Å². The van der Waals surface area contributed by atoms with Gasteiger partial charge in [0, 0.05) is 21.0 Å². The number of thiophene rings is 1. The Balaban J connectivity index is 0.00000176. The average molecular weight is 343 g/mol. The molecule has 2 aromatic rings. The van der Waals surface area contributed by atoms with Crippen LogP contribution in [-0.2, 0) is 4.79 Å². The Hall–Kier alpha value is -1.31. The molecule has 0 saturated heterocycles. The van der Waals surface area contributed by atoms with Crippen molar-refractivity contribution in [2.24, 2.45) is 5.73 Å². The number of imide groups is 1. The van der Waals surface area contributed by atoms with Crippen LogP contribution in [0.4, 0.5) is 10.5 Å². The van der Waals surface area contributed by atoms with Crippen LogP contribution in [0.5, 0.6) is 0 Å². The third-order valence-corrected chi connectivity index (χ3v) is 4.18. The van der Waals surface area contributed by atoms with Crippen molar-refractivity contribution in [1.82, 2.24) is 0 Å². The van der Waals surface area contributed by atoms with E-state index in [0.717, 1.165) is 4.90 Å². The minimum Gasteiger partial charge on any atom is -0.871 e. The third kappa shape index (κ3) is 2.68. The summed E-state index contributed by atoms with van der Waals surface area (Å²) in [5.41, 5.74) is 5.74. The van der Waals surface area contributed by atoms with E-state index in [1.165, 1.54) is 29.5 Å². The minimum absolute atomic E-state index is 0. The van der Waals surface area contributed by atoms with Crippen LogP contribution in [0.2, 0.25) is 5.02 Å². The second kappa shape index (κ2) is 6.44. The van der Waals surface area contributed by atoms with Crippen LogP contribution in [0.15, 0.2) is 35.7 Å². The average Bonchev–Trinajstić information content (AvgIpc) is 3.03. The predicted molar refractivity (Wildman–Crippen MR) is 79.7 cm³/mol. The number of anilines is 1. The molecule has 0 unspecified atom stereocenters. The molecule has 0 spiro atoms. The molecule has 0 saturated carbocycles. The van der Waals surface area contributed by atoms with Gasteiger partial charge < -0.3 is 10.8 Å². The molecule has 1 aliphatic rings. The molecule has 2 heterocycles. The van der Waals surface area contributed by atoms with E-state index < -0.39 is 17.7 Å². The molecule has 2 N–H and O–H groups in total. The van der Waals surface area contributed by atoms with E-state index in [2.05, 4.69) is 0 Å². The summed E-state index contributed by atoms with van der Waals surface area (Å²) in [6.07, 6.45) is 0. The van der Waals surface area contributed by atoms with Gasteiger partial charge in [-0.2, -0.15) is 0 Å². The van der Waals surface area contributed by atoms with Crippen molar-refractivity contribution in [3.8, 4) is 0 Å². The molecule has 0 fully saturated rings. The van der Waals surface area contributed by atoms with Gasteiger partial charge in [-0.3, -0.25) is 4.79 Å². The van der Waals surface area contributed by atoms with E-state index >= 15 is 0 Å². The molecule has 22 heavy (non-hydrogen) atoms. The van der Waals surface area contributed by atoms with E-state index in [1.54, 1.807) is 17.5 Å². The van der Waals surface area contributed by atoms with Crippen LogP contribution in [-0.4, -0.2) is 11.9 Å². The molecule has 0 aliphatic carbocycles. The van der Waals surface area contributed by atoms with Gasteiger partial charge in [0.1, 0.15) is 0 Å². The smallest absolute Gasteiger partial charge is 0.871 e. The number of benzene rings is 1. The summed E-state index contributed by atoms with van der Waals surface area (Å²) < 4.78 is 0. The maximum Gasteiger partial charge on any atom is 1.00 e. The van der Waals surface area contributed by atoms with Gasteiger partial charge in [0.15, 0.2) is 0 Å². The Labute approximate surface area is 157 Å². The number of nitrogens with two attached hydrogens (primary N) is 1. The molecule has 0 radical (unpaired) electrons. The first kappa shape index (κ1) is 17.1. The van der Waals surface area contributed by atoms with Gasteiger partial charge in [0.2, 0.25) is 0 Å². The Bertz CT molecular complexity index is 789. The van der Waals surface area contributed by atoms with Gasteiger partial charge in [0.05, 0.1) is 5.69 Å². The van der Waals surface area contributed by atoms with Crippen molar-refractivity contribution in [3.63, 3.8) is 0 Å². The van der Waals surface area contributed by atoms with E-state index in [1.807, 2.05) is 0 Å². The molecule has 1 aliphatic heterocycles. The maximum absolute atomic E-state index is 12.5. The van der Waals surface area contributed by atoms with Gasteiger partial charge in [-0.05, 0) is 29.6 Å². The number of halogens is 1. The summed E-state index contributed by atoms with van der Waals surface area (Å²) in [4.78, 5) is 25.1. The summed E-state index contributed by atoms with van der Waals surface area (Å²) in [5, 5.41) is 14.6. The number of carbonyl (C=O) groups is 2.